The van der Waals surface area contributed by atoms with Gasteiger partial charge in [-0.1, -0.05) is 6.07 Å². The third-order valence-electron chi connectivity index (χ3n) is 2.74. The molecule has 1 aliphatic carbocycles. The Bertz CT molecular complexity index is 486. The number of halogens is 4. The molecule has 0 aliphatic heterocycles. The van der Waals surface area contributed by atoms with Gasteiger partial charge in [-0.25, -0.2) is 4.39 Å². The molecule has 96 valence electrons. The first-order valence-electron chi connectivity index (χ1n) is 5.44. The maximum absolute atomic E-state index is 12.9. The topological polar surface area (TPSA) is 35.8 Å². The first-order chi connectivity index (χ1) is 8.41. The Hall–Kier alpha value is -1.61. The summed E-state index contributed by atoms with van der Waals surface area (Å²) in [4.78, 5) is 0. The number of nitrogens with one attached hydrogen (secondary N) is 1. The second-order valence-corrected chi connectivity index (χ2v) is 4.23. The van der Waals surface area contributed by atoms with E-state index in [0.29, 0.717) is 6.07 Å². The van der Waals surface area contributed by atoms with Crippen LogP contribution >= 0.6 is 0 Å². The molecule has 18 heavy (non-hydrogen) atoms. The summed E-state index contributed by atoms with van der Waals surface area (Å²) in [6.45, 7) is 0. The number of rotatable bonds is 3. The van der Waals surface area contributed by atoms with Crippen molar-refractivity contribution in [3.8, 4) is 6.07 Å². The quantitative estimate of drug-likeness (QED) is 0.845. The van der Waals surface area contributed by atoms with Crippen molar-refractivity contribution in [2.75, 3.05) is 0 Å². The van der Waals surface area contributed by atoms with Crippen LogP contribution in [0.3, 0.4) is 0 Å². The molecule has 1 atom stereocenters. The molecule has 0 bridgehead atoms. The molecule has 6 heteroatoms. The normalized spacial score (nSPS) is 17.3. The second-order valence-electron chi connectivity index (χ2n) is 4.23. The number of hydrogen-bond donors (Lipinski definition) is 1. The first kappa shape index (κ1) is 12.8. The van der Waals surface area contributed by atoms with Crippen LogP contribution in [0.25, 0.3) is 0 Å². The van der Waals surface area contributed by atoms with E-state index in [1.165, 1.54) is 0 Å². The van der Waals surface area contributed by atoms with Gasteiger partial charge in [0.05, 0.1) is 11.6 Å². The zero-order valence-corrected chi connectivity index (χ0v) is 9.26. The molecule has 1 aliphatic rings. The van der Waals surface area contributed by atoms with Gasteiger partial charge in [0, 0.05) is 6.04 Å². The zero-order valence-electron chi connectivity index (χ0n) is 9.26. The van der Waals surface area contributed by atoms with Crippen LogP contribution in [0.1, 0.15) is 30.0 Å². The molecule has 1 unspecified atom stereocenters. The summed E-state index contributed by atoms with van der Waals surface area (Å²) in [7, 11) is 0. The highest BCUT2D eigenvalue weighted by molar-refractivity contribution is 5.36. The number of benzene rings is 1. The first-order valence-corrected chi connectivity index (χ1v) is 5.44. The van der Waals surface area contributed by atoms with Gasteiger partial charge in [0.2, 0.25) is 0 Å². The van der Waals surface area contributed by atoms with Crippen molar-refractivity contribution in [1.82, 2.24) is 5.32 Å². The molecule has 0 saturated heterocycles. The van der Waals surface area contributed by atoms with E-state index in [0.717, 1.165) is 25.0 Å². The molecule has 0 heterocycles. The van der Waals surface area contributed by atoms with E-state index in [2.05, 4.69) is 5.32 Å². The Balaban J connectivity index is 2.38. The molecule has 0 aromatic heterocycles. The Labute approximate surface area is 101 Å². The lowest BCUT2D eigenvalue weighted by atomic mass is 10.0. The van der Waals surface area contributed by atoms with Gasteiger partial charge in [0.15, 0.2) is 0 Å². The van der Waals surface area contributed by atoms with Crippen LogP contribution in [0.2, 0.25) is 0 Å². The summed E-state index contributed by atoms with van der Waals surface area (Å²) < 4.78 is 51.2. The molecule has 1 N–H and O–H groups in total. The van der Waals surface area contributed by atoms with Crippen molar-refractivity contribution in [3.05, 3.63) is 35.1 Å². The molecular weight excluding hydrogens is 248 g/mol. The fraction of sp³-hybridized carbons (Fsp3) is 0.417. The van der Waals surface area contributed by atoms with E-state index in [1.807, 2.05) is 0 Å². The Morgan fingerprint density at radius 1 is 1.33 bits per heavy atom. The van der Waals surface area contributed by atoms with E-state index in [9.17, 15) is 17.6 Å². The lowest BCUT2D eigenvalue weighted by Gasteiger charge is -2.17. The van der Waals surface area contributed by atoms with E-state index in [1.54, 1.807) is 6.07 Å². The molecule has 1 fully saturated rings. The number of hydrogen-bond acceptors (Lipinski definition) is 2. The minimum Gasteiger partial charge on any atom is -0.295 e. The van der Waals surface area contributed by atoms with Crippen LogP contribution in [-0.2, 0) is 6.18 Å². The highest BCUT2D eigenvalue weighted by Gasteiger charge is 2.37. The van der Waals surface area contributed by atoms with Gasteiger partial charge < -0.3 is 0 Å². The molecule has 0 radical (unpaired) electrons. The van der Waals surface area contributed by atoms with E-state index in [4.69, 9.17) is 5.26 Å². The van der Waals surface area contributed by atoms with Crippen molar-refractivity contribution >= 4 is 0 Å². The van der Waals surface area contributed by atoms with Crippen molar-refractivity contribution in [2.45, 2.75) is 31.1 Å². The lowest BCUT2D eigenvalue weighted by Crippen LogP contribution is -2.25. The van der Waals surface area contributed by atoms with Crippen LogP contribution in [0.4, 0.5) is 17.6 Å². The number of nitriles is 1. The van der Waals surface area contributed by atoms with E-state index >= 15 is 0 Å². The van der Waals surface area contributed by atoms with Crippen LogP contribution in [-0.4, -0.2) is 6.04 Å². The van der Waals surface area contributed by atoms with Gasteiger partial charge in [-0.15, -0.1) is 0 Å². The standard InChI is InChI=1S/C12H10F4N2/c13-7-1-4-9(10(5-7)12(14,15)16)11(6-17)18-8-2-3-8/h1,4-5,8,11,18H,2-3H2. The van der Waals surface area contributed by atoms with Crippen LogP contribution in [0.5, 0.6) is 0 Å². The summed E-state index contributed by atoms with van der Waals surface area (Å²) in [6, 6.07) is 3.19. The van der Waals surface area contributed by atoms with Crippen molar-refractivity contribution in [2.24, 2.45) is 0 Å². The Morgan fingerprint density at radius 3 is 2.50 bits per heavy atom. The predicted octanol–water partition coefficient (Wildman–Crippen LogP) is 3.16. The summed E-state index contributed by atoms with van der Waals surface area (Å²) >= 11 is 0. The smallest absolute Gasteiger partial charge is 0.295 e. The average molecular weight is 258 g/mol. The third-order valence-corrected chi connectivity index (χ3v) is 2.74. The maximum atomic E-state index is 12.9. The third kappa shape index (κ3) is 2.79. The molecule has 1 aromatic carbocycles. The highest BCUT2D eigenvalue weighted by Crippen LogP contribution is 2.36. The van der Waals surface area contributed by atoms with Gasteiger partial charge in [0.25, 0.3) is 0 Å². The number of alkyl halides is 3. The van der Waals surface area contributed by atoms with Gasteiger partial charge in [0.1, 0.15) is 11.9 Å². The largest absolute Gasteiger partial charge is 0.416 e. The SMILES string of the molecule is N#CC(NC1CC1)c1ccc(F)cc1C(F)(F)F. The van der Waals surface area contributed by atoms with E-state index < -0.39 is 23.6 Å². The molecule has 1 saturated carbocycles. The molecule has 0 amide bonds. The van der Waals surface area contributed by atoms with Gasteiger partial charge in [-0.2, -0.15) is 18.4 Å². The van der Waals surface area contributed by atoms with Crippen LogP contribution < -0.4 is 5.32 Å². The zero-order chi connectivity index (χ0) is 13.3. The second kappa shape index (κ2) is 4.58. The minimum absolute atomic E-state index is 0.0841. The van der Waals surface area contributed by atoms with E-state index in [-0.39, 0.29) is 11.6 Å². The van der Waals surface area contributed by atoms with Crippen molar-refractivity contribution in [3.63, 3.8) is 0 Å². The van der Waals surface area contributed by atoms with Gasteiger partial charge >= 0.3 is 6.18 Å². The van der Waals surface area contributed by atoms with Crippen molar-refractivity contribution < 1.29 is 17.6 Å². The summed E-state index contributed by atoms with van der Waals surface area (Å²) in [6.07, 6.45) is -2.97. The maximum Gasteiger partial charge on any atom is 0.416 e. The number of nitrogens with zero attached hydrogens (tertiary/aromatic N) is 1. The lowest BCUT2D eigenvalue weighted by molar-refractivity contribution is -0.138. The molecular formula is C12H10F4N2. The van der Waals surface area contributed by atoms with Crippen LogP contribution in [0.15, 0.2) is 18.2 Å². The predicted molar refractivity (Wildman–Crippen MR) is 55.9 cm³/mol. The minimum atomic E-state index is -4.67. The average Bonchev–Trinajstić information content (AvgIpc) is 3.09. The molecule has 1 aromatic rings. The highest BCUT2D eigenvalue weighted by atomic mass is 19.4. The van der Waals surface area contributed by atoms with Crippen LogP contribution in [0, 0.1) is 17.1 Å². The summed E-state index contributed by atoms with van der Waals surface area (Å²) in [5, 5.41) is 11.7. The van der Waals surface area contributed by atoms with Gasteiger partial charge in [-0.3, -0.25) is 5.32 Å². The summed E-state index contributed by atoms with van der Waals surface area (Å²) in [5.41, 5.74) is -1.32. The van der Waals surface area contributed by atoms with Crippen molar-refractivity contribution in [1.29, 1.82) is 5.26 Å². The molecule has 2 rings (SSSR count). The molecule has 2 nitrogen and oxygen atoms in total. The molecule has 0 spiro atoms. The summed E-state index contributed by atoms with van der Waals surface area (Å²) in [5.74, 6) is -0.964. The fourth-order valence-corrected chi connectivity index (χ4v) is 1.71. The Kier molecular flexibility index (Phi) is 3.26. The van der Waals surface area contributed by atoms with Gasteiger partial charge in [-0.05, 0) is 30.5 Å². The monoisotopic (exact) mass is 258 g/mol. The Morgan fingerprint density at radius 2 is 2.00 bits per heavy atom. The fourth-order valence-electron chi connectivity index (χ4n) is 1.71.